The summed E-state index contributed by atoms with van der Waals surface area (Å²) in [5, 5.41) is 10.6. The lowest BCUT2D eigenvalue weighted by molar-refractivity contribution is 0.0758. The van der Waals surface area contributed by atoms with Crippen LogP contribution in [0.5, 0.6) is 0 Å². The van der Waals surface area contributed by atoms with Gasteiger partial charge in [-0.2, -0.15) is 0 Å². The van der Waals surface area contributed by atoms with Gasteiger partial charge in [-0.25, -0.2) is 0 Å². The average Bonchev–Trinajstić information content (AvgIpc) is 3.05. The van der Waals surface area contributed by atoms with Crippen molar-refractivity contribution in [3.63, 3.8) is 0 Å². The first-order chi connectivity index (χ1) is 9.56. The number of nitrogens with zero attached hydrogens (tertiary/aromatic N) is 1. The number of anilines is 1. The lowest BCUT2D eigenvalue weighted by atomic mass is 10.0. The van der Waals surface area contributed by atoms with E-state index in [1.165, 1.54) is 0 Å². The Kier molecular flexibility index (Phi) is 3.14. The first kappa shape index (κ1) is 13.0. The third-order valence-corrected chi connectivity index (χ3v) is 4.11. The predicted molar refractivity (Wildman–Crippen MR) is 78.4 cm³/mol. The van der Waals surface area contributed by atoms with Crippen LogP contribution in [0.25, 0.3) is 10.9 Å². The van der Waals surface area contributed by atoms with Crippen LogP contribution < -0.4 is 5.73 Å². The topological polar surface area (TPSA) is 82.3 Å². The van der Waals surface area contributed by atoms with Crippen LogP contribution in [0, 0.1) is 5.92 Å². The Labute approximate surface area is 117 Å². The van der Waals surface area contributed by atoms with E-state index >= 15 is 0 Å². The molecule has 20 heavy (non-hydrogen) atoms. The van der Waals surface area contributed by atoms with E-state index in [1.807, 2.05) is 24.3 Å². The molecule has 1 saturated heterocycles. The second-order valence-electron chi connectivity index (χ2n) is 5.54. The molecule has 5 heteroatoms. The van der Waals surface area contributed by atoms with Crippen LogP contribution in [-0.4, -0.2) is 40.1 Å². The Hall–Kier alpha value is -2.01. The Bertz CT molecular complexity index is 648. The normalized spacial score (nSPS) is 20.5. The van der Waals surface area contributed by atoms with Crippen molar-refractivity contribution < 1.29 is 9.90 Å². The number of hydrogen-bond donors (Lipinski definition) is 3. The zero-order chi connectivity index (χ0) is 14.3. The fourth-order valence-electron chi connectivity index (χ4n) is 2.83. The lowest BCUT2D eigenvalue weighted by Crippen LogP contribution is -2.30. The van der Waals surface area contributed by atoms with Crippen LogP contribution in [0.3, 0.4) is 0 Å². The third kappa shape index (κ3) is 2.14. The van der Waals surface area contributed by atoms with Crippen LogP contribution in [-0.2, 0) is 0 Å². The van der Waals surface area contributed by atoms with Gasteiger partial charge in [-0.15, -0.1) is 0 Å². The Morgan fingerprint density at radius 2 is 2.35 bits per heavy atom. The number of fused-ring (bicyclic) bond motifs is 1. The zero-order valence-electron chi connectivity index (χ0n) is 11.5. The highest BCUT2D eigenvalue weighted by Gasteiger charge is 2.30. The maximum atomic E-state index is 12.5. The molecule has 0 aliphatic carbocycles. The van der Waals surface area contributed by atoms with Gasteiger partial charge in [0, 0.05) is 24.4 Å². The number of rotatable bonds is 2. The number of carbonyl (C=O) groups excluding carboxylic acids is 1. The van der Waals surface area contributed by atoms with Crippen molar-refractivity contribution in [1.29, 1.82) is 0 Å². The number of nitrogens with two attached hydrogens (primary N) is 1. The fraction of sp³-hybridized carbons (Fsp3) is 0.400. The minimum absolute atomic E-state index is 0.0243. The SMILES string of the molecule is CC(O)C1CCN(C(=O)c2cc3cccc(N)c3[nH]2)C1. The molecule has 3 rings (SSSR count). The molecule has 2 unspecified atom stereocenters. The van der Waals surface area contributed by atoms with Crippen molar-refractivity contribution in [2.75, 3.05) is 18.8 Å². The number of benzene rings is 1. The van der Waals surface area contributed by atoms with Gasteiger partial charge >= 0.3 is 0 Å². The maximum Gasteiger partial charge on any atom is 0.270 e. The number of nitrogen functional groups attached to an aromatic ring is 1. The molecule has 2 atom stereocenters. The molecule has 2 heterocycles. The van der Waals surface area contributed by atoms with Crippen LogP contribution in [0.1, 0.15) is 23.8 Å². The molecule has 1 aliphatic rings. The van der Waals surface area contributed by atoms with Crippen molar-refractivity contribution in [2.45, 2.75) is 19.4 Å². The van der Waals surface area contributed by atoms with Gasteiger partial charge in [0.15, 0.2) is 0 Å². The van der Waals surface area contributed by atoms with Crippen molar-refractivity contribution in [3.05, 3.63) is 30.0 Å². The first-order valence-corrected chi connectivity index (χ1v) is 6.91. The summed E-state index contributed by atoms with van der Waals surface area (Å²) < 4.78 is 0. The van der Waals surface area contributed by atoms with E-state index in [4.69, 9.17) is 5.73 Å². The zero-order valence-corrected chi connectivity index (χ0v) is 11.5. The number of aliphatic hydroxyl groups excluding tert-OH is 1. The molecule has 2 aromatic rings. The van der Waals surface area contributed by atoms with Gasteiger partial charge in [0.1, 0.15) is 5.69 Å². The van der Waals surface area contributed by atoms with E-state index in [2.05, 4.69) is 4.98 Å². The molecular weight excluding hydrogens is 254 g/mol. The van der Waals surface area contributed by atoms with Crippen LogP contribution in [0.4, 0.5) is 5.69 Å². The van der Waals surface area contributed by atoms with E-state index < -0.39 is 0 Å². The third-order valence-electron chi connectivity index (χ3n) is 4.11. The van der Waals surface area contributed by atoms with Gasteiger partial charge < -0.3 is 20.7 Å². The number of amides is 1. The molecule has 4 N–H and O–H groups in total. The summed E-state index contributed by atoms with van der Waals surface area (Å²) in [4.78, 5) is 17.4. The van der Waals surface area contributed by atoms with Gasteiger partial charge in [-0.3, -0.25) is 4.79 Å². The molecule has 1 aliphatic heterocycles. The molecule has 1 fully saturated rings. The maximum absolute atomic E-state index is 12.5. The largest absolute Gasteiger partial charge is 0.397 e. The monoisotopic (exact) mass is 273 g/mol. The first-order valence-electron chi connectivity index (χ1n) is 6.91. The smallest absolute Gasteiger partial charge is 0.270 e. The number of aliphatic hydroxyl groups is 1. The summed E-state index contributed by atoms with van der Waals surface area (Å²) in [6.45, 7) is 3.09. The van der Waals surface area contributed by atoms with Gasteiger partial charge in [-0.1, -0.05) is 12.1 Å². The number of nitrogens with one attached hydrogen (secondary N) is 1. The quantitative estimate of drug-likeness (QED) is 0.727. The van der Waals surface area contributed by atoms with Gasteiger partial charge in [0.05, 0.1) is 17.3 Å². The summed E-state index contributed by atoms with van der Waals surface area (Å²) >= 11 is 0. The summed E-state index contributed by atoms with van der Waals surface area (Å²) in [6, 6.07) is 7.46. The summed E-state index contributed by atoms with van der Waals surface area (Å²) in [5.41, 5.74) is 7.91. The van der Waals surface area contributed by atoms with Crippen molar-refractivity contribution in [1.82, 2.24) is 9.88 Å². The number of aromatic nitrogens is 1. The van der Waals surface area contributed by atoms with Crippen molar-refractivity contribution >= 4 is 22.5 Å². The van der Waals surface area contributed by atoms with Crippen molar-refractivity contribution in [3.8, 4) is 0 Å². The molecule has 0 bridgehead atoms. The van der Waals surface area contributed by atoms with Gasteiger partial charge in [0.25, 0.3) is 5.91 Å². The Morgan fingerprint density at radius 3 is 3.00 bits per heavy atom. The number of H-pyrrole nitrogens is 1. The lowest BCUT2D eigenvalue weighted by Gasteiger charge is -2.16. The van der Waals surface area contributed by atoms with E-state index in [0.717, 1.165) is 17.3 Å². The molecule has 5 nitrogen and oxygen atoms in total. The minimum Gasteiger partial charge on any atom is -0.397 e. The standard InChI is InChI=1S/C15H19N3O2/c1-9(19)11-5-6-18(8-11)15(20)13-7-10-3-2-4-12(16)14(10)17-13/h2-4,7,9,11,17,19H,5-6,8,16H2,1H3. The number of carbonyl (C=O) groups is 1. The molecule has 1 aromatic carbocycles. The minimum atomic E-state index is -0.369. The predicted octanol–water partition coefficient (Wildman–Crippen LogP) is 1.59. The van der Waals surface area contributed by atoms with Crippen LogP contribution in [0.15, 0.2) is 24.3 Å². The van der Waals surface area contributed by atoms with E-state index in [-0.39, 0.29) is 17.9 Å². The van der Waals surface area contributed by atoms with E-state index in [9.17, 15) is 9.90 Å². The van der Waals surface area contributed by atoms with Crippen molar-refractivity contribution in [2.24, 2.45) is 5.92 Å². The number of aromatic amines is 1. The highest BCUT2D eigenvalue weighted by Crippen LogP contribution is 2.25. The van der Waals surface area contributed by atoms with E-state index in [1.54, 1.807) is 11.8 Å². The van der Waals surface area contributed by atoms with E-state index in [0.29, 0.717) is 24.5 Å². The number of hydrogen-bond acceptors (Lipinski definition) is 3. The molecule has 0 spiro atoms. The number of likely N-dealkylation sites (tertiary alicyclic amines) is 1. The van der Waals surface area contributed by atoms with Crippen LogP contribution >= 0.6 is 0 Å². The second kappa shape index (κ2) is 4.83. The second-order valence-corrected chi connectivity index (χ2v) is 5.54. The summed E-state index contributed by atoms with van der Waals surface area (Å²) in [5.74, 6) is 0.150. The molecule has 106 valence electrons. The molecule has 0 radical (unpaired) electrons. The molecule has 0 saturated carbocycles. The molecular formula is C15H19N3O2. The Balaban J connectivity index is 1.84. The summed E-state index contributed by atoms with van der Waals surface area (Å²) in [7, 11) is 0. The van der Waals surface area contributed by atoms with Crippen LogP contribution in [0.2, 0.25) is 0 Å². The van der Waals surface area contributed by atoms with Gasteiger partial charge in [-0.05, 0) is 25.5 Å². The average molecular weight is 273 g/mol. The number of para-hydroxylation sites is 1. The fourth-order valence-corrected chi connectivity index (χ4v) is 2.83. The molecule has 1 amide bonds. The Morgan fingerprint density at radius 1 is 1.55 bits per heavy atom. The molecule has 1 aromatic heterocycles. The summed E-state index contributed by atoms with van der Waals surface area (Å²) in [6.07, 6.45) is 0.484. The highest BCUT2D eigenvalue weighted by molar-refractivity contribution is 6.00. The highest BCUT2D eigenvalue weighted by atomic mass is 16.3. The van der Waals surface area contributed by atoms with Gasteiger partial charge in [0.2, 0.25) is 0 Å².